The lowest BCUT2D eigenvalue weighted by molar-refractivity contribution is -0.129. The normalized spacial score (nSPS) is 15.0. The van der Waals surface area contributed by atoms with Crippen molar-refractivity contribution in [3.8, 4) is 5.75 Å². The van der Waals surface area contributed by atoms with Crippen molar-refractivity contribution >= 4 is 49.8 Å². The number of esters is 1. The van der Waals surface area contributed by atoms with Crippen molar-refractivity contribution in [2.24, 2.45) is 4.99 Å². The first-order valence-corrected chi connectivity index (χ1v) is 10.3. The summed E-state index contributed by atoms with van der Waals surface area (Å²) in [5, 5.41) is 0. The molecule has 0 aromatic heterocycles. The van der Waals surface area contributed by atoms with Crippen molar-refractivity contribution in [2.75, 3.05) is 6.61 Å². The van der Waals surface area contributed by atoms with Crippen LogP contribution in [0.2, 0.25) is 0 Å². The zero-order valence-electron chi connectivity index (χ0n) is 15.1. The van der Waals surface area contributed by atoms with Crippen LogP contribution in [0, 0.1) is 6.92 Å². The summed E-state index contributed by atoms with van der Waals surface area (Å²) in [5.74, 6) is 0.619. The SMILES string of the molecule is CCCCOc1c(Br)cc(/C=C2\N=C(c3ccc(C)cc3)OC2=O)cc1Br. The van der Waals surface area contributed by atoms with Gasteiger partial charge in [0.1, 0.15) is 5.75 Å². The van der Waals surface area contributed by atoms with Crippen LogP contribution in [-0.4, -0.2) is 18.5 Å². The monoisotopic (exact) mass is 491 g/mol. The Bertz CT molecular complexity index is 895. The number of rotatable bonds is 6. The number of benzene rings is 2. The lowest BCUT2D eigenvalue weighted by atomic mass is 10.1. The van der Waals surface area contributed by atoms with Crippen molar-refractivity contribution in [3.05, 3.63) is 67.7 Å². The van der Waals surface area contributed by atoms with E-state index in [4.69, 9.17) is 9.47 Å². The molecule has 0 N–H and O–H groups in total. The number of halogens is 2. The Morgan fingerprint density at radius 2 is 1.81 bits per heavy atom. The number of carbonyl (C=O) groups excluding carboxylic acids is 1. The van der Waals surface area contributed by atoms with Crippen LogP contribution in [0.1, 0.15) is 36.5 Å². The molecule has 0 unspecified atom stereocenters. The topological polar surface area (TPSA) is 47.9 Å². The lowest BCUT2D eigenvalue weighted by Crippen LogP contribution is -2.05. The molecule has 0 atom stereocenters. The average Bonchev–Trinajstić information content (AvgIpc) is 2.98. The van der Waals surface area contributed by atoms with E-state index in [0.29, 0.717) is 12.5 Å². The highest BCUT2D eigenvalue weighted by Crippen LogP contribution is 2.36. The van der Waals surface area contributed by atoms with Gasteiger partial charge >= 0.3 is 5.97 Å². The van der Waals surface area contributed by atoms with Gasteiger partial charge in [-0.3, -0.25) is 0 Å². The molecule has 0 spiro atoms. The van der Waals surface area contributed by atoms with Gasteiger partial charge in [0, 0.05) is 5.56 Å². The lowest BCUT2D eigenvalue weighted by Gasteiger charge is -2.11. The fraction of sp³-hybridized carbons (Fsp3) is 0.238. The molecule has 140 valence electrons. The highest BCUT2D eigenvalue weighted by Gasteiger charge is 2.24. The maximum absolute atomic E-state index is 12.2. The summed E-state index contributed by atoms with van der Waals surface area (Å²) in [6.45, 7) is 4.78. The number of carbonyl (C=O) groups is 1. The maximum Gasteiger partial charge on any atom is 0.363 e. The van der Waals surface area contributed by atoms with E-state index >= 15 is 0 Å². The van der Waals surface area contributed by atoms with Crippen LogP contribution < -0.4 is 4.74 Å². The first-order chi connectivity index (χ1) is 13.0. The van der Waals surface area contributed by atoms with E-state index in [9.17, 15) is 4.79 Å². The number of hydrogen-bond acceptors (Lipinski definition) is 4. The van der Waals surface area contributed by atoms with Gasteiger partial charge in [0.05, 0.1) is 15.6 Å². The van der Waals surface area contributed by atoms with Crippen LogP contribution in [-0.2, 0) is 9.53 Å². The second kappa shape index (κ2) is 8.85. The largest absolute Gasteiger partial charge is 0.491 e. The molecule has 0 amide bonds. The van der Waals surface area contributed by atoms with Crippen LogP contribution in [0.15, 0.2) is 56.0 Å². The number of aliphatic imine (C=N–C) groups is 1. The molecule has 27 heavy (non-hydrogen) atoms. The van der Waals surface area contributed by atoms with Crippen molar-refractivity contribution in [1.29, 1.82) is 0 Å². The molecule has 2 aromatic carbocycles. The van der Waals surface area contributed by atoms with Crippen LogP contribution in [0.25, 0.3) is 6.08 Å². The molecule has 1 heterocycles. The zero-order valence-corrected chi connectivity index (χ0v) is 18.3. The number of ether oxygens (including phenoxy) is 2. The Hall–Kier alpha value is -1.92. The highest BCUT2D eigenvalue weighted by molar-refractivity contribution is 9.11. The number of nitrogens with zero attached hydrogens (tertiary/aromatic N) is 1. The zero-order chi connectivity index (χ0) is 19.4. The van der Waals surface area contributed by atoms with Gasteiger partial charge in [0.15, 0.2) is 5.70 Å². The Balaban J connectivity index is 1.85. The molecular weight excluding hydrogens is 474 g/mol. The van der Waals surface area contributed by atoms with Crippen molar-refractivity contribution in [3.63, 3.8) is 0 Å². The highest BCUT2D eigenvalue weighted by atomic mass is 79.9. The summed E-state index contributed by atoms with van der Waals surface area (Å²) in [5.41, 5.74) is 3.00. The van der Waals surface area contributed by atoms with E-state index in [-0.39, 0.29) is 5.70 Å². The summed E-state index contributed by atoms with van der Waals surface area (Å²) in [7, 11) is 0. The van der Waals surface area contributed by atoms with Gasteiger partial charge in [-0.25, -0.2) is 9.79 Å². The standard InChI is InChI=1S/C21H19Br2NO3/c1-3-4-9-26-19-16(22)10-14(11-17(19)23)12-18-21(25)27-20(24-18)15-7-5-13(2)6-8-15/h5-8,10-12H,3-4,9H2,1-2H3/b18-12-. The second-order valence-electron chi connectivity index (χ2n) is 6.22. The van der Waals surface area contributed by atoms with Crippen molar-refractivity contribution < 1.29 is 14.3 Å². The first-order valence-electron chi connectivity index (χ1n) is 8.69. The molecule has 0 radical (unpaired) electrons. The molecule has 0 saturated heterocycles. The van der Waals surface area contributed by atoms with Gasteiger partial charge < -0.3 is 9.47 Å². The smallest absolute Gasteiger partial charge is 0.363 e. The van der Waals surface area contributed by atoms with Gasteiger partial charge in [0.2, 0.25) is 5.90 Å². The van der Waals surface area contributed by atoms with Crippen LogP contribution in [0.3, 0.4) is 0 Å². The van der Waals surface area contributed by atoms with Gasteiger partial charge in [-0.2, -0.15) is 0 Å². The predicted molar refractivity (Wildman–Crippen MR) is 114 cm³/mol. The van der Waals surface area contributed by atoms with E-state index < -0.39 is 5.97 Å². The Morgan fingerprint density at radius 1 is 1.15 bits per heavy atom. The Kier molecular flexibility index (Phi) is 6.50. The van der Waals surface area contributed by atoms with Crippen LogP contribution in [0.4, 0.5) is 0 Å². The quantitative estimate of drug-likeness (QED) is 0.280. The molecule has 1 aliphatic heterocycles. The minimum absolute atomic E-state index is 0.268. The molecule has 0 fully saturated rings. The van der Waals surface area contributed by atoms with E-state index in [1.807, 2.05) is 43.3 Å². The number of hydrogen-bond donors (Lipinski definition) is 0. The fourth-order valence-corrected chi connectivity index (χ4v) is 3.96. The minimum atomic E-state index is -0.457. The molecule has 4 nitrogen and oxygen atoms in total. The fourth-order valence-electron chi connectivity index (χ4n) is 2.51. The van der Waals surface area contributed by atoms with Gasteiger partial charge in [-0.15, -0.1) is 0 Å². The third-order valence-corrected chi connectivity index (χ3v) is 5.17. The van der Waals surface area contributed by atoms with E-state index in [0.717, 1.165) is 44.2 Å². The Labute approximate surface area is 175 Å². The summed E-state index contributed by atoms with van der Waals surface area (Å²) in [6, 6.07) is 11.5. The molecule has 2 aromatic rings. The predicted octanol–water partition coefficient (Wildman–Crippen LogP) is 6.04. The van der Waals surface area contributed by atoms with Gasteiger partial charge in [-0.1, -0.05) is 31.0 Å². The molecule has 0 saturated carbocycles. The summed E-state index contributed by atoms with van der Waals surface area (Å²) >= 11 is 7.07. The third kappa shape index (κ3) is 4.87. The van der Waals surface area contributed by atoms with E-state index in [1.165, 1.54) is 0 Å². The van der Waals surface area contributed by atoms with Crippen LogP contribution >= 0.6 is 31.9 Å². The number of cyclic esters (lactones) is 1. The minimum Gasteiger partial charge on any atom is -0.491 e. The summed E-state index contributed by atoms with van der Waals surface area (Å²) in [6.07, 6.45) is 3.77. The first kappa shape index (κ1) is 19.8. The summed E-state index contributed by atoms with van der Waals surface area (Å²) < 4.78 is 12.7. The molecule has 0 aliphatic carbocycles. The molecule has 3 rings (SSSR count). The summed E-state index contributed by atoms with van der Waals surface area (Å²) in [4.78, 5) is 16.5. The number of unbranched alkanes of at least 4 members (excludes halogenated alkanes) is 1. The molecule has 1 aliphatic rings. The average molecular weight is 493 g/mol. The maximum atomic E-state index is 12.2. The number of aryl methyl sites for hydroxylation is 1. The van der Waals surface area contributed by atoms with Gasteiger partial charge in [0.25, 0.3) is 0 Å². The molecule has 0 bridgehead atoms. The second-order valence-corrected chi connectivity index (χ2v) is 7.93. The Morgan fingerprint density at radius 3 is 2.44 bits per heavy atom. The molecular formula is C21H19Br2NO3. The van der Waals surface area contributed by atoms with Crippen LogP contribution in [0.5, 0.6) is 5.75 Å². The van der Waals surface area contributed by atoms with E-state index in [2.05, 4.69) is 43.8 Å². The van der Waals surface area contributed by atoms with Crippen molar-refractivity contribution in [1.82, 2.24) is 0 Å². The van der Waals surface area contributed by atoms with Gasteiger partial charge in [-0.05, 0) is 81.1 Å². The van der Waals surface area contributed by atoms with E-state index in [1.54, 1.807) is 6.08 Å². The third-order valence-electron chi connectivity index (χ3n) is 3.99. The van der Waals surface area contributed by atoms with Crippen molar-refractivity contribution in [2.45, 2.75) is 26.7 Å². The molecule has 6 heteroatoms.